The zero-order chi connectivity index (χ0) is 12.0. The van der Waals surface area contributed by atoms with E-state index in [1.54, 1.807) is 6.92 Å². The number of aromatic nitrogens is 1. The van der Waals surface area contributed by atoms with Crippen molar-refractivity contribution in [2.75, 3.05) is 6.54 Å². The molecule has 0 fully saturated rings. The SMILES string of the molecule is CC#CCCNS(=O)(=O)c1c[nH]ccc1=O. The fourth-order valence-electron chi connectivity index (χ4n) is 1.06. The second kappa shape index (κ2) is 5.49. The summed E-state index contributed by atoms with van der Waals surface area (Å²) < 4.78 is 25.6. The van der Waals surface area contributed by atoms with E-state index in [9.17, 15) is 13.2 Å². The van der Waals surface area contributed by atoms with Crippen LogP contribution in [0.2, 0.25) is 0 Å². The minimum atomic E-state index is -3.73. The van der Waals surface area contributed by atoms with E-state index in [1.165, 1.54) is 12.3 Å². The Morgan fingerprint density at radius 3 is 2.88 bits per heavy atom. The zero-order valence-electron chi connectivity index (χ0n) is 8.78. The van der Waals surface area contributed by atoms with Gasteiger partial charge in [0.25, 0.3) is 0 Å². The Bertz CT molecular complexity index is 563. The van der Waals surface area contributed by atoms with E-state index in [0.717, 1.165) is 6.20 Å². The maximum absolute atomic E-state index is 11.6. The van der Waals surface area contributed by atoms with Crippen LogP contribution in [0.15, 0.2) is 28.2 Å². The van der Waals surface area contributed by atoms with E-state index < -0.39 is 15.5 Å². The van der Waals surface area contributed by atoms with Gasteiger partial charge >= 0.3 is 0 Å². The van der Waals surface area contributed by atoms with Crippen molar-refractivity contribution in [1.29, 1.82) is 0 Å². The largest absolute Gasteiger partial charge is 0.366 e. The molecule has 0 aliphatic heterocycles. The van der Waals surface area contributed by atoms with Crippen LogP contribution < -0.4 is 10.2 Å². The summed E-state index contributed by atoms with van der Waals surface area (Å²) >= 11 is 0. The van der Waals surface area contributed by atoms with E-state index in [2.05, 4.69) is 21.5 Å². The number of hydrogen-bond acceptors (Lipinski definition) is 3. The molecule has 0 amide bonds. The Morgan fingerprint density at radius 2 is 2.25 bits per heavy atom. The third-order valence-electron chi connectivity index (χ3n) is 1.80. The third-order valence-corrected chi connectivity index (χ3v) is 3.28. The highest BCUT2D eigenvalue weighted by Gasteiger charge is 2.16. The van der Waals surface area contributed by atoms with Crippen LogP contribution in [0.1, 0.15) is 13.3 Å². The lowest BCUT2D eigenvalue weighted by molar-refractivity contribution is 0.581. The molecule has 0 atom stereocenters. The van der Waals surface area contributed by atoms with Gasteiger partial charge in [0.1, 0.15) is 4.90 Å². The Labute approximate surface area is 93.9 Å². The lowest BCUT2D eigenvalue weighted by atomic mass is 10.4. The van der Waals surface area contributed by atoms with Gasteiger partial charge in [0.05, 0.1) is 0 Å². The molecule has 1 aromatic rings. The van der Waals surface area contributed by atoms with Crippen molar-refractivity contribution in [1.82, 2.24) is 9.71 Å². The molecule has 1 rings (SSSR count). The zero-order valence-corrected chi connectivity index (χ0v) is 9.60. The summed E-state index contributed by atoms with van der Waals surface area (Å²) in [5.74, 6) is 5.38. The highest BCUT2D eigenvalue weighted by molar-refractivity contribution is 7.89. The van der Waals surface area contributed by atoms with Crippen molar-refractivity contribution in [2.24, 2.45) is 0 Å². The van der Waals surface area contributed by atoms with E-state index in [-0.39, 0.29) is 11.4 Å². The predicted molar refractivity (Wildman–Crippen MR) is 60.3 cm³/mol. The van der Waals surface area contributed by atoms with E-state index in [4.69, 9.17) is 0 Å². The molecule has 0 unspecified atom stereocenters. The molecule has 6 heteroatoms. The molecule has 1 heterocycles. The second-order valence-electron chi connectivity index (χ2n) is 2.95. The van der Waals surface area contributed by atoms with Gasteiger partial charge in [-0.25, -0.2) is 13.1 Å². The van der Waals surface area contributed by atoms with E-state index >= 15 is 0 Å². The van der Waals surface area contributed by atoms with Crippen LogP contribution in [0.3, 0.4) is 0 Å². The van der Waals surface area contributed by atoms with E-state index in [0.29, 0.717) is 6.42 Å². The molecule has 0 bridgehead atoms. The van der Waals surface area contributed by atoms with Crippen molar-refractivity contribution in [2.45, 2.75) is 18.2 Å². The standard InChI is InChI=1S/C10H12N2O3S/c1-2-3-4-6-12-16(14,15)10-8-11-7-5-9(10)13/h5,7-8,12H,4,6H2,1H3,(H,11,13). The maximum atomic E-state index is 11.6. The molecule has 0 saturated heterocycles. The molecule has 86 valence electrons. The number of hydrogen-bond donors (Lipinski definition) is 2. The number of nitrogens with one attached hydrogen (secondary N) is 2. The molecule has 0 aromatic carbocycles. The molecule has 1 aromatic heterocycles. The van der Waals surface area contributed by atoms with Gasteiger partial charge < -0.3 is 4.98 Å². The number of H-pyrrole nitrogens is 1. The van der Waals surface area contributed by atoms with Crippen molar-refractivity contribution in [3.05, 3.63) is 28.7 Å². The summed E-state index contributed by atoms with van der Waals surface area (Å²) in [5, 5.41) is 0. The highest BCUT2D eigenvalue weighted by atomic mass is 32.2. The Hall–Kier alpha value is -1.58. The number of rotatable bonds is 4. The van der Waals surface area contributed by atoms with Crippen LogP contribution in [0.5, 0.6) is 0 Å². The molecular weight excluding hydrogens is 228 g/mol. The Balaban J connectivity index is 2.82. The van der Waals surface area contributed by atoms with Gasteiger partial charge in [-0.2, -0.15) is 0 Å². The van der Waals surface area contributed by atoms with Gasteiger partial charge in [-0.3, -0.25) is 4.79 Å². The second-order valence-corrected chi connectivity index (χ2v) is 4.68. The first-order chi connectivity index (χ1) is 7.58. The average Bonchev–Trinajstić information content (AvgIpc) is 2.25. The van der Waals surface area contributed by atoms with Gasteiger partial charge in [0.2, 0.25) is 15.5 Å². The first kappa shape index (κ1) is 12.5. The molecule has 16 heavy (non-hydrogen) atoms. The van der Waals surface area contributed by atoms with E-state index in [1.807, 2.05) is 0 Å². The first-order valence-electron chi connectivity index (χ1n) is 4.64. The minimum Gasteiger partial charge on any atom is -0.366 e. The Morgan fingerprint density at radius 1 is 1.50 bits per heavy atom. The Kier molecular flexibility index (Phi) is 4.28. The van der Waals surface area contributed by atoms with Gasteiger partial charge in [-0.05, 0) is 6.92 Å². The molecule has 0 radical (unpaired) electrons. The number of sulfonamides is 1. The van der Waals surface area contributed by atoms with Crippen LogP contribution in [0.25, 0.3) is 0 Å². The van der Waals surface area contributed by atoms with Crippen molar-refractivity contribution < 1.29 is 8.42 Å². The van der Waals surface area contributed by atoms with Crippen LogP contribution in [-0.2, 0) is 10.0 Å². The molecule has 0 aliphatic rings. The smallest absolute Gasteiger partial charge is 0.245 e. The van der Waals surface area contributed by atoms with Crippen LogP contribution >= 0.6 is 0 Å². The summed E-state index contributed by atoms with van der Waals surface area (Å²) in [5.41, 5.74) is -0.534. The first-order valence-corrected chi connectivity index (χ1v) is 6.12. The van der Waals surface area contributed by atoms with Crippen LogP contribution in [0, 0.1) is 11.8 Å². The van der Waals surface area contributed by atoms with Gasteiger partial charge in [0, 0.05) is 31.4 Å². The van der Waals surface area contributed by atoms with Gasteiger partial charge in [-0.15, -0.1) is 11.8 Å². The fourth-order valence-corrected chi connectivity index (χ4v) is 2.14. The predicted octanol–water partition coefficient (Wildman–Crippen LogP) is 0.0666. The quantitative estimate of drug-likeness (QED) is 0.577. The summed E-state index contributed by atoms with van der Waals surface area (Å²) in [4.78, 5) is 13.6. The number of pyridine rings is 1. The molecule has 0 saturated carbocycles. The minimum absolute atomic E-state index is 0.192. The molecule has 2 N–H and O–H groups in total. The molecule has 5 nitrogen and oxygen atoms in total. The third kappa shape index (κ3) is 3.22. The normalized spacial score (nSPS) is 10.6. The summed E-state index contributed by atoms with van der Waals surface area (Å²) in [6, 6.07) is 1.17. The summed E-state index contributed by atoms with van der Waals surface area (Å²) in [7, 11) is -3.73. The van der Waals surface area contributed by atoms with Crippen LogP contribution in [-0.4, -0.2) is 19.9 Å². The summed E-state index contributed by atoms with van der Waals surface area (Å²) in [6.45, 7) is 1.87. The summed E-state index contributed by atoms with van der Waals surface area (Å²) in [6.07, 6.45) is 2.96. The molecular formula is C10H12N2O3S. The topological polar surface area (TPSA) is 79.0 Å². The highest BCUT2D eigenvalue weighted by Crippen LogP contribution is 1.99. The van der Waals surface area contributed by atoms with Crippen molar-refractivity contribution in [3.8, 4) is 11.8 Å². The molecule has 0 aliphatic carbocycles. The van der Waals surface area contributed by atoms with Gasteiger partial charge in [0.15, 0.2) is 0 Å². The van der Waals surface area contributed by atoms with Crippen molar-refractivity contribution >= 4 is 10.0 Å². The fraction of sp³-hybridized carbons (Fsp3) is 0.300. The lowest BCUT2D eigenvalue weighted by Crippen LogP contribution is -2.28. The lowest BCUT2D eigenvalue weighted by Gasteiger charge is -2.03. The molecule has 0 spiro atoms. The monoisotopic (exact) mass is 240 g/mol. The van der Waals surface area contributed by atoms with Gasteiger partial charge in [-0.1, -0.05) is 0 Å². The maximum Gasteiger partial charge on any atom is 0.245 e. The van der Waals surface area contributed by atoms with Crippen molar-refractivity contribution in [3.63, 3.8) is 0 Å². The average molecular weight is 240 g/mol. The van der Waals surface area contributed by atoms with Crippen LogP contribution in [0.4, 0.5) is 0 Å². The number of aromatic amines is 1.